The lowest BCUT2D eigenvalue weighted by molar-refractivity contribution is -0.123. The summed E-state index contributed by atoms with van der Waals surface area (Å²) < 4.78 is 24.3. The van der Waals surface area contributed by atoms with Gasteiger partial charge in [0.2, 0.25) is 5.91 Å². The van der Waals surface area contributed by atoms with Crippen molar-refractivity contribution >= 4 is 44.1 Å². The van der Waals surface area contributed by atoms with Gasteiger partial charge < -0.3 is 11.1 Å². The maximum atomic E-state index is 12.6. The summed E-state index contributed by atoms with van der Waals surface area (Å²) in [5.41, 5.74) is 5.43. The highest BCUT2D eigenvalue weighted by atomic mass is 79.9. The number of sulfone groups is 1. The molecule has 1 amide bonds. The molecule has 120 valence electrons. The Hall–Kier alpha value is -0.630. The van der Waals surface area contributed by atoms with E-state index >= 15 is 0 Å². The minimum atomic E-state index is -3.78. The number of rotatable bonds is 5. The molecule has 1 atom stereocenters. The molecule has 0 saturated carbocycles. The van der Waals surface area contributed by atoms with Crippen molar-refractivity contribution in [1.82, 2.24) is 5.32 Å². The maximum absolute atomic E-state index is 12.6. The zero-order chi connectivity index (χ0) is 15.6. The molecule has 8 heteroatoms. The summed E-state index contributed by atoms with van der Waals surface area (Å²) in [5, 5.41) is 2.60. The fourth-order valence-corrected chi connectivity index (χ4v) is 3.14. The van der Waals surface area contributed by atoms with Crippen LogP contribution in [0.1, 0.15) is 20.8 Å². The first-order valence-electron chi connectivity index (χ1n) is 6.14. The Kier molecular flexibility index (Phi) is 7.35. The molecule has 0 saturated heterocycles. The highest BCUT2D eigenvalue weighted by Crippen LogP contribution is 2.26. The van der Waals surface area contributed by atoms with Crippen molar-refractivity contribution < 1.29 is 13.2 Å². The zero-order valence-electron chi connectivity index (χ0n) is 12.1. The number of carbonyl (C=O) groups excluding carboxylic acids is 1. The highest BCUT2D eigenvalue weighted by Gasteiger charge is 2.43. The van der Waals surface area contributed by atoms with Crippen LogP contribution in [0.4, 0.5) is 0 Å². The topological polar surface area (TPSA) is 89.3 Å². The lowest BCUT2D eigenvalue weighted by Crippen LogP contribution is -2.51. The van der Waals surface area contributed by atoms with E-state index in [2.05, 4.69) is 21.2 Å². The molecule has 21 heavy (non-hydrogen) atoms. The molecule has 0 fully saturated rings. The van der Waals surface area contributed by atoms with Gasteiger partial charge in [-0.3, -0.25) is 4.79 Å². The number of benzene rings is 1. The van der Waals surface area contributed by atoms with Gasteiger partial charge >= 0.3 is 0 Å². The predicted molar refractivity (Wildman–Crippen MR) is 89.3 cm³/mol. The maximum Gasteiger partial charge on any atom is 0.241 e. The Morgan fingerprint density at radius 1 is 1.33 bits per heavy atom. The van der Waals surface area contributed by atoms with Gasteiger partial charge in [-0.15, -0.1) is 12.4 Å². The van der Waals surface area contributed by atoms with Crippen LogP contribution in [0.3, 0.4) is 0 Å². The summed E-state index contributed by atoms with van der Waals surface area (Å²) in [6.45, 7) is 4.76. The van der Waals surface area contributed by atoms with Crippen LogP contribution < -0.4 is 11.1 Å². The van der Waals surface area contributed by atoms with Crippen molar-refractivity contribution in [2.75, 3.05) is 6.54 Å². The van der Waals surface area contributed by atoms with E-state index in [0.717, 1.165) is 4.47 Å². The van der Waals surface area contributed by atoms with Crippen molar-refractivity contribution in [3.63, 3.8) is 0 Å². The number of hydrogen-bond acceptors (Lipinski definition) is 4. The molecular weight excluding hydrogens is 380 g/mol. The number of halogens is 2. The monoisotopic (exact) mass is 398 g/mol. The van der Waals surface area contributed by atoms with Gasteiger partial charge in [-0.05, 0) is 45.0 Å². The number of amides is 1. The Balaban J connectivity index is 0.00000400. The Labute approximate surface area is 140 Å². The summed E-state index contributed by atoms with van der Waals surface area (Å²) in [6, 6.07) is 5.93. The average molecular weight is 400 g/mol. The van der Waals surface area contributed by atoms with E-state index in [9.17, 15) is 13.2 Å². The van der Waals surface area contributed by atoms with Gasteiger partial charge in [-0.25, -0.2) is 8.42 Å². The second-order valence-corrected chi connectivity index (χ2v) is 8.49. The molecule has 0 aromatic heterocycles. The van der Waals surface area contributed by atoms with Gasteiger partial charge in [-0.2, -0.15) is 0 Å². The molecule has 0 aliphatic rings. The van der Waals surface area contributed by atoms with Crippen LogP contribution in [0, 0.1) is 0 Å². The van der Waals surface area contributed by atoms with Gasteiger partial charge in [0, 0.05) is 17.1 Å². The van der Waals surface area contributed by atoms with Crippen LogP contribution in [0.15, 0.2) is 33.6 Å². The number of carbonyl (C=O) groups is 1. The predicted octanol–water partition coefficient (Wildman–Crippen LogP) is 1.89. The quantitative estimate of drug-likeness (QED) is 0.791. The van der Waals surface area contributed by atoms with E-state index in [0.29, 0.717) is 0 Å². The summed E-state index contributed by atoms with van der Waals surface area (Å²) >= 11 is 3.25. The normalized spacial score (nSPS) is 13.2. The van der Waals surface area contributed by atoms with Crippen molar-refractivity contribution in [2.24, 2.45) is 5.73 Å². The summed E-state index contributed by atoms with van der Waals surface area (Å²) in [7, 11) is -3.78. The smallest absolute Gasteiger partial charge is 0.241 e. The largest absolute Gasteiger partial charge is 0.351 e. The third-order valence-electron chi connectivity index (χ3n) is 3.07. The zero-order valence-corrected chi connectivity index (χ0v) is 15.3. The molecule has 0 spiro atoms. The van der Waals surface area contributed by atoms with Crippen molar-refractivity contribution in [2.45, 2.75) is 36.5 Å². The molecule has 5 nitrogen and oxygen atoms in total. The second kappa shape index (κ2) is 7.58. The van der Waals surface area contributed by atoms with E-state index in [-0.39, 0.29) is 29.9 Å². The fraction of sp³-hybridized carbons (Fsp3) is 0.462. The average Bonchev–Trinajstić information content (AvgIpc) is 2.38. The first-order valence-corrected chi connectivity index (χ1v) is 8.41. The molecule has 1 aromatic carbocycles. The van der Waals surface area contributed by atoms with Crippen LogP contribution >= 0.6 is 28.3 Å². The summed E-state index contributed by atoms with van der Waals surface area (Å²) in [6.07, 6.45) is 0. The van der Waals surface area contributed by atoms with Crippen LogP contribution in [0.5, 0.6) is 0 Å². The summed E-state index contributed by atoms with van der Waals surface area (Å²) in [4.78, 5) is 12.3. The fourth-order valence-electron chi connectivity index (χ4n) is 1.49. The summed E-state index contributed by atoms with van der Waals surface area (Å²) in [5.74, 6) is -0.557. The van der Waals surface area contributed by atoms with Crippen molar-refractivity contribution in [1.29, 1.82) is 0 Å². The van der Waals surface area contributed by atoms with Crippen LogP contribution in [0.2, 0.25) is 0 Å². The minimum Gasteiger partial charge on any atom is -0.351 e. The molecule has 0 aliphatic heterocycles. The molecule has 0 heterocycles. The first kappa shape index (κ1) is 20.4. The third kappa shape index (κ3) is 4.42. The Morgan fingerprint density at radius 3 is 2.24 bits per heavy atom. The molecule has 0 aliphatic carbocycles. The molecule has 0 radical (unpaired) electrons. The molecule has 0 bridgehead atoms. The minimum absolute atomic E-state index is 0. The van der Waals surface area contributed by atoms with Crippen LogP contribution in [-0.4, -0.2) is 31.7 Å². The van der Waals surface area contributed by atoms with E-state index in [1.807, 2.05) is 0 Å². The van der Waals surface area contributed by atoms with Gasteiger partial charge in [0.05, 0.1) is 4.90 Å². The third-order valence-corrected chi connectivity index (χ3v) is 6.02. The van der Waals surface area contributed by atoms with Crippen molar-refractivity contribution in [3.8, 4) is 0 Å². The molecule has 3 N–H and O–H groups in total. The first-order chi connectivity index (χ1) is 9.12. The van der Waals surface area contributed by atoms with E-state index in [4.69, 9.17) is 5.73 Å². The van der Waals surface area contributed by atoms with E-state index < -0.39 is 20.5 Å². The molecule has 0 unspecified atom stereocenters. The molecule has 1 rings (SSSR count). The SMILES string of the molecule is C[C@@H](CN)NC(=O)C(C)(C)S(=O)(=O)c1ccc(Br)cc1.Cl. The van der Waals surface area contributed by atoms with Crippen LogP contribution in [-0.2, 0) is 14.6 Å². The van der Waals surface area contributed by atoms with Crippen LogP contribution in [0.25, 0.3) is 0 Å². The Morgan fingerprint density at radius 2 is 1.81 bits per heavy atom. The van der Waals surface area contributed by atoms with E-state index in [1.54, 1.807) is 19.1 Å². The van der Waals surface area contributed by atoms with Gasteiger partial charge in [0.15, 0.2) is 9.84 Å². The van der Waals surface area contributed by atoms with Crippen molar-refractivity contribution in [3.05, 3.63) is 28.7 Å². The standard InChI is InChI=1S/C13H19BrN2O3S.ClH/c1-9(8-15)16-12(17)13(2,3)20(18,19)11-6-4-10(14)5-7-11;/h4-7,9H,8,15H2,1-3H3,(H,16,17);1H/t9-;/m0./s1. The molecular formula is C13H20BrClN2O3S. The Bertz CT molecular complexity index is 588. The van der Waals surface area contributed by atoms with Gasteiger partial charge in [0.1, 0.15) is 4.75 Å². The molecule has 1 aromatic rings. The lowest BCUT2D eigenvalue weighted by Gasteiger charge is -2.25. The lowest BCUT2D eigenvalue weighted by atomic mass is 10.2. The van der Waals surface area contributed by atoms with Gasteiger partial charge in [-0.1, -0.05) is 15.9 Å². The van der Waals surface area contributed by atoms with E-state index in [1.165, 1.54) is 26.0 Å². The number of hydrogen-bond donors (Lipinski definition) is 2. The second-order valence-electron chi connectivity index (χ2n) is 5.08. The van der Waals surface area contributed by atoms with Gasteiger partial charge in [0.25, 0.3) is 0 Å². The number of nitrogens with two attached hydrogens (primary N) is 1. The highest BCUT2D eigenvalue weighted by molar-refractivity contribution is 9.10. The number of nitrogens with one attached hydrogen (secondary N) is 1.